The summed E-state index contributed by atoms with van der Waals surface area (Å²) >= 11 is 0. The van der Waals surface area contributed by atoms with Gasteiger partial charge in [-0.15, -0.1) is 0 Å². The smallest absolute Gasteiger partial charge is 0.124 e. The first-order valence-corrected chi connectivity index (χ1v) is 11.1. The Morgan fingerprint density at radius 2 is 1.79 bits per heavy atom. The summed E-state index contributed by atoms with van der Waals surface area (Å²) in [6.07, 6.45) is 6.34. The Morgan fingerprint density at radius 1 is 1.00 bits per heavy atom. The Hall–Kier alpha value is -2.20. The molecule has 2 rings (SSSR count). The summed E-state index contributed by atoms with van der Waals surface area (Å²) in [6, 6.07) is 9.76. The molecule has 4 heteroatoms. The van der Waals surface area contributed by atoms with Gasteiger partial charge in [0.2, 0.25) is 0 Å². The Labute approximate surface area is 176 Å². The molecular formula is C25H38N2O2. The van der Waals surface area contributed by atoms with Crippen LogP contribution in [0.3, 0.4) is 0 Å². The molecule has 0 bridgehead atoms. The molecule has 3 N–H and O–H groups in total. The Bertz CT molecular complexity index is 741. The van der Waals surface area contributed by atoms with Crippen molar-refractivity contribution in [1.82, 2.24) is 0 Å². The number of hydrogen-bond acceptors (Lipinski definition) is 4. The lowest BCUT2D eigenvalue weighted by Crippen LogP contribution is -2.22. The van der Waals surface area contributed by atoms with Crippen LogP contribution in [0.15, 0.2) is 30.3 Å². The zero-order valence-corrected chi connectivity index (χ0v) is 18.6. The first kappa shape index (κ1) is 23.1. The second-order valence-corrected chi connectivity index (χ2v) is 7.75. The van der Waals surface area contributed by atoms with Crippen molar-refractivity contribution in [3.63, 3.8) is 0 Å². The number of aromatic hydroxyl groups is 1. The zero-order chi connectivity index (χ0) is 21.2. The summed E-state index contributed by atoms with van der Waals surface area (Å²) in [5.74, 6) is 1.26. The van der Waals surface area contributed by atoms with Crippen molar-refractivity contribution >= 4 is 11.4 Å². The van der Waals surface area contributed by atoms with E-state index in [1.807, 2.05) is 12.1 Å². The number of nitrogens with zero attached hydrogens (tertiary/aromatic N) is 1. The van der Waals surface area contributed by atoms with E-state index in [0.717, 1.165) is 62.3 Å². The van der Waals surface area contributed by atoms with Crippen molar-refractivity contribution in [2.24, 2.45) is 5.73 Å². The number of benzene rings is 2. The molecule has 0 saturated heterocycles. The van der Waals surface area contributed by atoms with Gasteiger partial charge in [0, 0.05) is 23.9 Å². The van der Waals surface area contributed by atoms with Gasteiger partial charge < -0.3 is 20.5 Å². The van der Waals surface area contributed by atoms with Crippen LogP contribution in [-0.4, -0.2) is 24.8 Å². The molecule has 0 atom stereocenters. The van der Waals surface area contributed by atoms with Crippen LogP contribution in [0, 0.1) is 13.8 Å². The quantitative estimate of drug-likeness (QED) is 0.429. The van der Waals surface area contributed by atoms with Crippen LogP contribution >= 0.6 is 0 Å². The third-order valence-electron chi connectivity index (χ3n) is 5.38. The summed E-state index contributed by atoms with van der Waals surface area (Å²) in [5.41, 5.74) is 11.8. The van der Waals surface area contributed by atoms with Crippen molar-refractivity contribution < 1.29 is 9.84 Å². The molecule has 2 aromatic carbocycles. The second kappa shape index (κ2) is 11.7. The molecule has 0 spiro atoms. The van der Waals surface area contributed by atoms with Gasteiger partial charge in [-0.3, -0.25) is 0 Å². The van der Waals surface area contributed by atoms with E-state index < -0.39 is 0 Å². The molecule has 0 radical (unpaired) electrons. The predicted octanol–water partition coefficient (Wildman–Crippen LogP) is 6.02. The van der Waals surface area contributed by atoms with Crippen molar-refractivity contribution in [3.05, 3.63) is 47.0 Å². The Morgan fingerprint density at radius 3 is 2.45 bits per heavy atom. The molecule has 4 nitrogen and oxygen atoms in total. The van der Waals surface area contributed by atoms with Crippen LogP contribution in [0.1, 0.15) is 62.6 Å². The van der Waals surface area contributed by atoms with E-state index >= 15 is 0 Å². The number of aryl methyl sites for hydroxylation is 1. The fourth-order valence-electron chi connectivity index (χ4n) is 3.76. The van der Waals surface area contributed by atoms with E-state index in [1.54, 1.807) is 6.07 Å². The van der Waals surface area contributed by atoms with Gasteiger partial charge in [-0.2, -0.15) is 0 Å². The lowest BCUT2D eigenvalue weighted by atomic mass is 9.96. The number of nitrogens with two attached hydrogens (primary N) is 1. The first-order chi connectivity index (χ1) is 14.0. The summed E-state index contributed by atoms with van der Waals surface area (Å²) < 4.78 is 6.14. The summed E-state index contributed by atoms with van der Waals surface area (Å²) in [6.45, 7) is 11.0. The highest BCUT2D eigenvalue weighted by Gasteiger charge is 2.20. The van der Waals surface area contributed by atoms with E-state index in [9.17, 15) is 5.11 Å². The average molecular weight is 399 g/mol. The van der Waals surface area contributed by atoms with Gasteiger partial charge >= 0.3 is 0 Å². The van der Waals surface area contributed by atoms with Crippen molar-refractivity contribution in [1.29, 1.82) is 0 Å². The van der Waals surface area contributed by atoms with Crippen LogP contribution in [0.5, 0.6) is 11.5 Å². The molecule has 0 aliphatic carbocycles. The third-order valence-corrected chi connectivity index (χ3v) is 5.38. The largest absolute Gasteiger partial charge is 0.508 e. The van der Waals surface area contributed by atoms with Gasteiger partial charge in [0.15, 0.2) is 0 Å². The molecule has 0 aliphatic rings. The minimum Gasteiger partial charge on any atom is -0.508 e. The van der Waals surface area contributed by atoms with Gasteiger partial charge in [0.25, 0.3) is 0 Å². The van der Waals surface area contributed by atoms with Crippen LogP contribution in [-0.2, 0) is 6.42 Å². The monoisotopic (exact) mass is 398 g/mol. The molecule has 160 valence electrons. The highest BCUT2D eigenvalue weighted by Crippen LogP contribution is 2.40. The van der Waals surface area contributed by atoms with Gasteiger partial charge in [0.1, 0.15) is 11.5 Å². The molecule has 0 heterocycles. The number of phenols is 1. The normalized spacial score (nSPS) is 10.9. The molecule has 2 aromatic rings. The third kappa shape index (κ3) is 6.14. The maximum Gasteiger partial charge on any atom is 0.124 e. The van der Waals surface area contributed by atoms with Gasteiger partial charge in [0.05, 0.1) is 12.3 Å². The first-order valence-electron chi connectivity index (χ1n) is 11.1. The van der Waals surface area contributed by atoms with Crippen LogP contribution in [0.25, 0.3) is 0 Å². The minimum atomic E-state index is 0.284. The predicted molar refractivity (Wildman–Crippen MR) is 124 cm³/mol. The summed E-state index contributed by atoms with van der Waals surface area (Å²) in [5, 5.41) is 10.1. The molecule has 29 heavy (non-hydrogen) atoms. The van der Waals surface area contributed by atoms with Crippen molar-refractivity contribution in [2.75, 3.05) is 24.6 Å². The van der Waals surface area contributed by atoms with Crippen LogP contribution < -0.4 is 15.4 Å². The maximum atomic E-state index is 10.1. The fraction of sp³-hybridized carbons (Fsp3) is 0.520. The number of ether oxygens (including phenoxy) is 1. The second-order valence-electron chi connectivity index (χ2n) is 7.75. The van der Waals surface area contributed by atoms with Gasteiger partial charge in [-0.05, 0) is 81.8 Å². The highest BCUT2D eigenvalue weighted by atomic mass is 16.5. The van der Waals surface area contributed by atoms with E-state index in [0.29, 0.717) is 6.54 Å². The van der Waals surface area contributed by atoms with E-state index in [4.69, 9.17) is 10.5 Å². The number of anilines is 2. The average Bonchev–Trinajstić information content (AvgIpc) is 2.71. The molecule has 0 aliphatic heterocycles. The number of unbranched alkanes of at least 4 members (excludes halogenated alkanes) is 2. The molecular weight excluding hydrogens is 360 g/mol. The summed E-state index contributed by atoms with van der Waals surface area (Å²) in [7, 11) is 0. The van der Waals surface area contributed by atoms with Gasteiger partial charge in [-0.25, -0.2) is 0 Å². The Balaban J connectivity index is 2.58. The lowest BCUT2D eigenvalue weighted by molar-refractivity contribution is 0.315. The number of rotatable bonds is 12. The summed E-state index contributed by atoms with van der Waals surface area (Å²) in [4.78, 5) is 2.33. The maximum absolute atomic E-state index is 10.1. The fourth-order valence-corrected chi connectivity index (χ4v) is 3.76. The van der Waals surface area contributed by atoms with E-state index in [-0.39, 0.29) is 5.75 Å². The minimum absolute atomic E-state index is 0.284. The SMILES string of the molecule is CCCCc1cc(OCCC)c(C)c(N(CCCCN)c2cccc(O)c2)c1C. The number of hydrogen-bond donors (Lipinski definition) is 2. The Kier molecular flexibility index (Phi) is 9.33. The molecule has 0 fully saturated rings. The zero-order valence-electron chi connectivity index (χ0n) is 18.6. The standard InChI is InChI=1S/C25H38N2O2/c1-5-7-11-21-17-24(29-16-6-2)20(4)25(19(21)3)27(15-9-8-14-26)22-12-10-13-23(28)18-22/h10,12-13,17-18,28H,5-9,11,14-16,26H2,1-4H3. The topological polar surface area (TPSA) is 58.7 Å². The highest BCUT2D eigenvalue weighted by molar-refractivity contribution is 5.74. The van der Waals surface area contributed by atoms with Crippen molar-refractivity contribution in [2.45, 2.75) is 66.2 Å². The van der Waals surface area contributed by atoms with Gasteiger partial charge in [-0.1, -0.05) is 26.3 Å². The van der Waals surface area contributed by atoms with Crippen molar-refractivity contribution in [3.8, 4) is 11.5 Å². The van der Waals surface area contributed by atoms with Crippen LogP contribution in [0.2, 0.25) is 0 Å². The molecule has 0 aromatic heterocycles. The number of phenolic OH excluding ortho intramolecular Hbond substituents is 1. The van der Waals surface area contributed by atoms with E-state index in [1.165, 1.54) is 23.2 Å². The van der Waals surface area contributed by atoms with E-state index in [2.05, 4.69) is 44.7 Å². The molecule has 0 unspecified atom stereocenters. The molecule has 0 amide bonds. The molecule has 0 saturated carbocycles. The lowest BCUT2D eigenvalue weighted by Gasteiger charge is -2.31. The van der Waals surface area contributed by atoms with Crippen LogP contribution in [0.4, 0.5) is 11.4 Å².